The van der Waals surface area contributed by atoms with Crippen LogP contribution in [-0.4, -0.2) is 41.9 Å². The summed E-state index contributed by atoms with van der Waals surface area (Å²) in [6.45, 7) is 10.9. The van der Waals surface area contributed by atoms with E-state index >= 15 is 0 Å². The van der Waals surface area contributed by atoms with Crippen LogP contribution in [0.2, 0.25) is 0 Å². The monoisotopic (exact) mass is 463 g/mol. The summed E-state index contributed by atoms with van der Waals surface area (Å²) >= 11 is 0. The number of ether oxygens (including phenoxy) is 2. The molecule has 0 unspecified atom stereocenters. The molecule has 0 aliphatic rings. The van der Waals surface area contributed by atoms with Crippen LogP contribution >= 0.6 is 0 Å². The standard InChI is InChI=1S/C28H37N3O3/c1-20(2)18-33-26-10-8-9-23(15-26)27-16-24(19-34-28(4,5)21(3)32)29-31(27)17-22-11-13-25(14-12-22)30(6)7/h8-16,20H,17-19H2,1-7H3. The molecule has 0 N–H and O–H groups in total. The highest BCUT2D eigenvalue weighted by Gasteiger charge is 2.25. The predicted octanol–water partition coefficient (Wildman–Crippen LogP) is 5.58. The Balaban J connectivity index is 1.92. The number of hydrogen-bond acceptors (Lipinski definition) is 5. The van der Waals surface area contributed by atoms with Crippen LogP contribution in [-0.2, 0) is 22.7 Å². The van der Waals surface area contributed by atoms with Crippen molar-refractivity contribution in [1.29, 1.82) is 0 Å². The van der Waals surface area contributed by atoms with Gasteiger partial charge < -0.3 is 14.4 Å². The lowest BCUT2D eigenvalue weighted by Crippen LogP contribution is -2.32. The van der Waals surface area contributed by atoms with Crippen LogP contribution in [0.25, 0.3) is 11.3 Å². The predicted molar refractivity (Wildman–Crippen MR) is 137 cm³/mol. The third-order valence-electron chi connectivity index (χ3n) is 5.76. The van der Waals surface area contributed by atoms with Crippen molar-refractivity contribution in [3.05, 3.63) is 65.9 Å². The lowest BCUT2D eigenvalue weighted by Gasteiger charge is -2.21. The van der Waals surface area contributed by atoms with Crippen LogP contribution in [0.3, 0.4) is 0 Å². The second kappa shape index (κ2) is 10.9. The number of aromatic nitrogens is 2. The van der Waals surface area contributed by atoms with E-state index in [1.165, 1.54) is 0 Å². The summed E-state index contributed by atoms with van der Waals surface area (Å²) in [4.78, 5) is 14.0. The molecule has 0 atom stereocenters. The molecule has 0 saturated carbocycles. The summed E-state index contributed by atoms with van der Waals surface area (Å²) in [6, 6.07) is 18.6. The fourth-order valence-corrected chi connectivity index (χ4v) is 3.33. The van der Waals surface area contributed by atoms with E-state index in [1.54, 1.807) is 20.8 Å². The SMILES string of the molecule is CC(=O)C(C)(C)OCc1cc(-c2cccc(OCC(C)C)c2)n(Cc2ccc(N(C)C)cc2)n1. The first-order chi connectivity index (χ1) is 16.0. The fourth-order valence-electron chi connectivity index (χ4n) is 3.33. The minimum Gasteiger partial charge on any atom is -0.493 e. The van der Waals surface area contributed by atoms with Crippen molar-refractivity contribution in [2.75, 3.05) is 25.6 Å². The Morgan fingerprint density at radius 2 is 1.79 bits per heavy atom. The molecular formula is C28H37N3O3. The second-order valence-corrected chi connectivity index (χ2v) is 9.83. The summed E-state index contributed by atoms with van der Waals surface area (Å²) < 4.78 is 13.9. The molecule has 6 nitrogen and oxygen atoms in total. The van der Waals surface area contributed by atoms with Crippen molar-refractivity contribution < 1.29 is 14.3 Å². The number of Topliss-reactive ketones (excluding diaryl/α,β-unsaturated/α-hetero) is 1. The molecule has 182 valence electrons. The number of nitrogens with zero attached hydrogens (tertiary/aromatic N) is 3. The number of anilines is 1. The van der Waals surface area contributed by atoms with Crippen molar-refractivity contribution in [2.24, 2.45) is 5.92 Å². The van der Waals surface area contributed by atoms with Crippen molar-refractivity contribution in [3.8, 4) is 17.0 Å². The molecule has 0 saturated heterocycles. The van der Waals surface area contributed by atoms with E-state index < -0.39 is 5.60 Å². The van der Waals surface area contributed by atoms with Gasteiger partial charge in [0, 0.05) is 25.3 Å². The van der Waals surface area contributed by atoms with Crippen molar-refractivity contribution in [3.63, 3.8) is 0 Å². The van der Waals surface area contributed by atoms with Gasteiger partial charge in [-0.2, -0.15) is 5.10 Å². The average molecular weight is 464 g/mol. The van der Waals surface area contributed by atoms with Gasteiger partial charge in [0.05, 0.1) is 31.1 Å². The van der Waals surface area contributed by atoms with Gasteiger partial charge in [-0.3, -0.25) is 9.48 Å². The Morgan fingerprint density at radius 3 is 2.41 bits per heavy atom. The van der Waals surface area contributed by atoms with Crippen LogP contribution in [0.5, 0.6) is 5.75 Å². The molecule has 3 aromatic rings. The molecule has 1 aromatic heterocycles. The Bertz CT molecular complexity index is 1100. The highest BCUT2D eigenvalue weighted by molar-refractivity contribution is 5.83. The summed E-state index contributed by atoms with van der Waals surface area (Å²) in [6.07, 6.45) is 0. The van der Waals surface area contributed by atoms with E-state index in [4.69, 9.17) is 14.6 Å². The molecular weight excluding hydrogens is 426 g/mol. The first-order valence-electron chi connectivity index (χ1n) is 11.8. The lowest BCUT2D eigenvalue weighted by atomic mass is 10.1. The van der Waals surface area contributed by atoms with Gasteiger partial charge >= 0.3 is 0 Å². The maximum atomic E-state index is 11.9. The van der Waals surface area contributed by atoms with E-state index in [1.807, 2.05) is 37.0 Å². The van der Waals surface area contributed by atoms with Crippen molar-refractivity contribution in [2.45, 2.75) is 53.4 Å². The van der Waals surface area contributed by atoms with E-state index in [0.29, 0.717) is 19.1 Å². The molecule has 0 fully saturated rings. The minimum atomic E-state index is -0.851. The van der Waals surface area contributed by atoms with Crippen molar-refractivity contribution in [1.82, 2.24) is 9.78 Å². The zero-order valence-electron chi connectivity index (χ0n) is 21.5. The van der Waals surface area contributed by atoms with E-state index in [2.05, 4.69) is 55.1 Å². The topological polar surface area (TPSA) is 56.6 Å². The number of carbonyl (C=O) groups is 1. The average Bonchev–Trinajstić information content (AvgIpc) is 3.19. The molecule has 0 spiro atoms. The highest BCUT2D eigenvalue weighted by Crippen LogP contribution is 2.27. The van der Waals surface area contributed by atoms with Crippen molar-refractivity contribution >= 4 is 11.5 Å². The zero-order chi connectivity index (χ0) is 24.9. The number of carbonyl (C=O) groups excluding carboxylic acids is 1. The van der Waals surface area contributed by atoms with Crippen LogP contribution in [0.1, 0.15) is 45.9 Å². The number of hydrogen-bond donors (Lipinski definition) is 0. The van der Waals surface area contributed by atoms with Crippen LogP contribution in [0.4, 0.5) is 5.69 Å². The Labute approximate surface area is 203 Å². The normalized spacial score (nSPS) is 11.6. The molecule has 1 heterocycles. The summed E-state index contributed by atoms with van der Waals surface area (Å²) in [5.74, 6) is 1.28. The second-order valence-electron chi connectivity index (χ2n) is 9.83. The molecule has 2 aromatic carbocycles. The Hall–Kier alpha value is -3.12. The summed E-state index contributed by atoms with van der Waals surface area (Å²) in [7, 11) is 4.06. The molecule has 3 rings (SSSR count). The van der Waals surface area contributed by atoms with Gasteiger partial charge in [-0.15, -0.1) is 0 Å². The zero-order valence-corrected chi connectivity index (χ0v) is 21.5. The third kappa shape index (κ3) is 6.70. The summed E-state index contributed by atoms with van der Waals surface area (Å²) in [5.41, 5.74) is 4.24. The van der Waals surface area contributed by atoms with Gasteiger partial charge in [0.1, 0.15) is 11.4 Å². The fraction of sp³-hybridized carbons (Fsp3) is 0.429. The van der Waals surface area contributed by atoms with E-state index in [-0.39, 0.29) is 12.4 Å². The first kappa shape index (κ1) is 25.5. The van der Waals surface area contributed by atoms with Gasteiger partial charge in [0.25, 0.3) is 0 Å². The molecule has 0 aliphatic carbocycles. The molecule has 0 amide bonds. The van der Waals surface area contributed by atoms with Gasteiger partial charge in [-0.1, -0.05) is 38.1 Å². The lowest BCUT2D eigenvalue weighted by molar-refractivity contribution is -0.139. The number of benzene rings is 2. The van der Waals surface area contributed by atoms with Gasteiger partial charge in [-0.25, -0.2) is 0 Å². The molecule has 0 radical (unpaired) electrons. The maximum absolute atomic E-state index is 11.9. The maximum Gasteiger partial charge on any atom is 0.161 e. The highest BCUT2D eigenvalue weighted by atomic mass is 16.5. The molecule has 0 aliphatic heterocycles. The minimum absolute atomic E-state index is 0.0110. The first-order valence-corrected chi connectivity index (χ1v) is 11.8. The third-order valence-corrected chi connectivity index (χ3v) is 5.76. The van der Waals surface area contributed by atoms with Crippen LogP contribution in [0, 0.1) is 5.92 Å². The smallest absolute Gasteiger partial charge is 0.161 e. The number of ketones is 1. The quantitative estimate of drug-likeness (QED) is 0.371. The van der Waals surface area contributed by atoms with E-state index in [9.17, 15) is 4.79 Å². The molecule has 0 bridgehead atoms. The van der Waals surface area contributed by atoms with Gasteiger partial charge in [0.2, 0.25) is 0 Å². The van der Waals surface area contributed by atoms with E-state index in [0.717, 1.165) is 34.0 Å². The Morgan fingerprint density at radius 1 is 1.09 bits per heavy atom. The van der Waals surface area contributed by atoms with Crippen LogP contribution in [0.15, 0.2) is 54.6 Å². The largest absolute Gasteiger partial charge is 0.493 e. The molecule has 6 heteroatoms. The van der Waals surface area contributed by atoms with Gasteiger partial charge in [0.15, 0.2) is 5.78 Å². The Kier molecular flexibility index (Phi) is 8.15. The summed E-state index contributed by atoms with van der Waals surface area (Å²) in [5, 5.41) is 4.83. The van der Waals surface area contributed by atoms with Crippen LogP contribution < -0.4 is 9.64 Å². The van der Waals surface area contributed by atoms with Gasteiger partial charge in [-0.05, 0) is 62.6 Å². The molecule has 34 heavy (non-hydrogen) atoms. The number of rotatable bonds is 11.